The number of rotatable bonds is 3. The van der Waals surface area contributed by atoms with Crippen LogP contribution in [0.4, 0.5) is 5.69 Å². The molecule has 0 aliphatic carbocycles. The molecule has 150 valence electrons. The number of benzene rings is 3. The summed E-state index contributed by atoms with van der Waals surface area (Å²) in [4.78, 5) is 15.1. The number of ether oxygens (including phenoxy) is 1. The summed E-state index contributed by atoms with van der Waals surface area (Å²) in [5.41, 5.74) is 5.79. The summed E-state index contributed by atoms with van der Waals surface area (Å²) in [5, 5.41) is 1.17. The van der Waals surface area contributed by atoms with Gasteiger partial charge in [0.15, 0.2) is 0 Å². The first kappa shape index (κ1) is 18.5. The van der Waals surface area contributed by atoms with Gasteiger partial charge in [-0.2, -0.15) is 0 Å². The van der Waals surface area contributed by atoms with Crippen LogP contribution in [0.3, 0.4) is 0 Å². The Labute approximate surface area is 176 Å². The van der Waals surface area contributed by atoms with E-state index in [-0.39, 0.29) is 5.97 Å². The highest BCUT2D eigenvalue weighted by molar-refractivity contribution is 5.97. The zero-order valence-corrected chi connectivity index (χ0v) is 17.6. The second-order valence-electron chi connectivity index (χ2n) is 8.11. The van der Waals surface area contributed by atoms with Crippen LogP contribution < -0.4 is 4.90 Å². The average Bonchev–Trinajstić information content (AvgIpc) is 3.20. The van der Waals surface area contributed by atoms with E-state index < -0.39 is 5.60 Å². The van der Waals surface area contributed by atoms with Crippen molar-refractivity contribution < 1.29 is 9.53 Å². The zero-order valence-electron chi connectivity index (χ0n) is 17.6. The minimum atomic E-state index is -0.990. The number of hydrogen-bond donors (Lipinski definition) is 0. The number of aromatic nitrogens is 1. The number of fused-ring (bicyclic) bond motifs is 2. The predicted molar refractivity (Wildman–Crippen MR) is 120 cm³/mol. The molecule has 2 heterocycles. The first-order valence-corrected chi connectivity index (χ1v) is 10.1. The number of anilines is 1. The molecule has 0 saturated heterocycles. The average molecular weight is 396 g/mol. The van der Waals surface area contributed by atoms with E-state index >= 15 is 0 Å². The lowest BCUT2D eigenvalue weighted by molar-refractivity contribution is 0.0230. The van der Waals surface area contributed by atoms with E-state index in [2.05, 4.69) is 59.8 Å². The molecule has 4 aromatic rings. The van der Waals surface area contributed by atoms with Gasteiger partial charge in [0, 0.05) is 48.9 Å². The van der Waals surface area contributed by atoms with Gasteiger partial charge in [0.25, 0.3) is 0 Å². The molecular weight excluding hydrogens is 372 g/mol. The predicted octanol–water partition coefficient (Wildman–Crippen LogP) is 5.02. The zero-order chi connectivity index (χ0) is 21.0. The molecule has 5 rings (SSSR count). The summed E-state index contributed by atoms with van der Waals surface area (Å²) in [5.74, 6) is -0.285. The number of cyclic esters (lactones) is 1. The van der Waals surface area contributed by atoms with E-state index in [0.717, 1.165) is 33.6 Å². The van der Waals surface area contributed by atoms with Gasteiger partial charge in [-0.15, -0.1) is 0 Å². The molecule has 0 bridgehead atoms. The van der Waals surface area contributed by atoms with E-state index in [1.807, 2.05) is 50.5 Å². The Kier molecular flexibility index (Phi) is 4.00. The minimum absolute atomic E-state index is 0.285. The maximum Gasteiger partial charge on any atom is 0.340 e. The molecule has 0 saturated carbocycles. The molecule has 0 fully saturated rings. The fourth-order valence-electron chi connectivity index (χ4n) is 4.82. The highest BCUT2D eigenvalue weighted by Crippen LogP contribution is 2.49. The Morgan fingerprint density at radius 3 is 2.27 bits per heavy atom. The van der Waals surface area contributed by atoms with E-state index in [1.165, 1.54) is 5.39 Å². The number of hydrogen-bond acceptors (Lipinski definition) is 3. The lowest BCUT2D eigenvalue weighted by Crippen LogP contribution is -2.32. The van der Waals surface area contributed by atoms with Gasteiger partial charge in [-0.1, -0.05) is 48.5 Å². The fourth-order valence-corrected chi connectivity index (χ4v) is 4.82. The van der Waals surface area contributed by atoms with Crippen molar-refractivity contribution in [3.63, 3.8) is 0 Å². The van der Waals surface area contributed by atoms with Crippen LogP contribution in [-0.2, 0) is 17.4 Å². The summed E-state index contributed by atoms with van der Waals surface area (Å²) in [7, 11) is 6.09. The van der Waals surface area contributed by atoms with Crippen LogP contribution in [-0.4, -0.2) is 24.6 Å². The van der Waals surface area contributed by atoms with Gasteiger partial charge in [0.1, 0.15) is 0 Å². The summed E-state index contributed by atoms with van der Waals surface area (Å²) < 4.78 is 8.48. The Hall–Kier alpha value is -3.53. The van der Waals surface area contributed by atoms with Gasteiger partial charge >= 0.3 is 5.97 Å². The van der Waals surface area contributed by atoms with Gasteiger partial charge in [0.2, 0.25) is 5.60 Å². The molecule has 1 atom stereocenters. The second-order valence-corrected chi connectivity index (χ2v) is 8.11. The van der Waals surface area contributed by atoms with Gasteiger partial charge in [-0.05, 0) is 36.8 Å². The van der Waals surface area contributed by atoms with E-state index in [4.69, 9.17) is 4.74 Å². The highest BCUT2D eigenvalue weighted by Gasteiger charge is 2.51. The largest absolute Gasteiger partial charge is 0.439 e. The van der Waals surface area contributed by atoms with Crippen molar-refractivity contribution in [1.29, 1.82) is 0 Å². The van der Waals surface area contributed by atoms with Crippen LogP contribution >= 0.6 is 0 Å². The third-order valence-electron chi connectivity index (χ3n) is 6.26. The minimum Gasteiger partial charge on any atom is -0.439 e. The van der Waals surface area contributed by atoms with Gasteiger partial charge < -0.3 is 14.2 Å². The molecule has 4 nitrogen and oxygen atoms in total. The Bertz CT molecular complexity index is 1250. The van der Waals surface area contributed by atoms with Gasteiger partial charge in [-0.25, -0.2) is 4.79 Å². The Morgan fingerprint density at radius 1 is 0.900 bits per heavy atom. The normalized spacial score (nSPS) is 17.8. The topological polar surface area (TPSA) is 34.5 Å². The third-order valence-corrected chi connectivity index (χ3v) is 6.26. The monoisotopic (exact) mass is 396 g/mol. The van der Waals surface area contributed by atoms with Crippen molar-refractivity contribution >= 4 is 22.6 Å². The maximum absolute atomic E-state index is 13.0. The summed E-state index contributed by atoms with van der Waals surface area (Å²) >= 11 is 0. The molecule has 1 aliphatic heterocycles. The van der Waals surface area contributed by atoms with Crippen LogP contribution in [0.1, 0.15) is 32.7 Å². The molecule has 1 aliphatic rings. The van der Waals surface area contributed by atoms with Crippen molar-refractivity contribution in [1.82, 2.24) is 4.57 Å². The van der Waals surface area contributed by atoms with Crippen molar-refractivity contribution in [3.05, 3.63) is 101 Å². The first-order chi connectivity index (χ1) is 14.4. The van der Waals surface area contributed by atoms with E-state index in [9.17, 15) is 4.79 Å². The second kappa shape index (κ2) is 6.49. The number of esters is 1. The highest BCUT2D eigenvalue weighted by atomic mass is 16.6. The van der Waals surface area contributed by atoms with Crippen LogP contribution in [0.5, 0.6) is 0 Å². The number of carbonyl (C=O) groups excluding carboxylic acids is 1. The lowest BCUT2D eigenvalue weighted by Gasteiger charge is -2.32. The third kappa shape index (κ3) is 2.37. The van der Waals surface area contributed by atoms with Crippen molar-refractivity contribution in [3.8, 4) is 0 Å². The summed E-state index contributed by atoms with van der Waals surface area (Å²) in [6.45, 7) is 2.11. The van der Waals surface area contributed by atoms with Crippen molar-refractivity contribution in [2.75, 3.05) is 19.0 Å². The molecule has 0 amide bonds. The Morgan fingerprint density at radius 2 is 1.57 bits per heavy atom. The molecule has 0 spiro atoms. The summed E-state index contributed by atoms with van der Waals surface area (Å²) in [6.07, 6.45) is 0. The smallest absolute Gasteiger partial charge is 0.340 e. The molecule has 30 heavy (non-hydrogen) atoms. The van der Waals surface area contributed by atoms with Crippen molar-refractivity contribution in [2.45, 2.75) is 12.5 Å². The van der Waals surface area contributed by atoms with E-state index in [1.54, 1.807) is 0 Å². The molecule has 3 aromatic carbocycles. The molecule has 0 N–H and O–H groups in total. The Balaban J connectivity index is 1.88. The number of carbonyl (C=O) groups is 1. The lowest BCUT2D eigenvalue weighted by atomic mass is 9.81. The number of nitrogens with zero attached hydrogens (tertiary/aromatic N) is 2. The SMILES string of the molecule is Cc1c(C2(c3ccc(N(C)C)cc3)OC(=O)c3ccccc32)n(C)c2ccccc12. The van der Waals surface area contributed by atoms with Gasteiger partial charge in [-0.3, -0.25) is 0 Å². The number of aryl methyl sites for hydroxylation is 2. The van der Waals surface area contributed by atoms with Crippen LogP contribution in [0.2, 0.25) is 0 Å². The van der Waals surface area contributed by atoms with Gasteiger partial charge in [0.05, 0.1) is 11.3 Å². The molecule has 0 radical (unpaired) electrons. The molecule has 1 unspecified atom stereocenters. The number of para-hydroxylation sites is 1. The van der Waals surface area contributed by atoms with E-state index in [0.29, 0.717) is 5.56 Å². The standard InChI is InChI=1S/C26H24N2O2/c1-17-20-9-6-8-12-23(20)28(4)24(17)26(18-13-15-19(16-14-18)27(2)3)22-11-7-5-10-21(22)25(29)30-26/h5-16H,1-4H3. The quantitative estimate of drug-likeness (QED) is 0.456. The molecule has 1 aromatic heterocycles. The van der Waals surface area contributed by atoms with Crippen LogP contribution in [0.15, 0.2) is 72.8 Å². The molecule has 4 heteroatoms. The first-order valence-electron chi connectivity index (χ1n) is 10.1. The van der Waals surface area contributed by atoms with Crippen LogP contribution in [0.25, 0.3) is 10.9 Å². The van der Waals surface area contributed by atoms with Crippen molar-refractivity contribution in [2.24, 2.45) is 7.05 Å². The summed E-state index contributed by atoms with van der Waals surface area (Å²) in [6, 6.07) is 24.3. The maximum atomic E-state index is 13.0. The fraction of sp³-hybridized carbons (Fsp3) is 0.192. The van der Waals surface area contributed by atoms with Crippen LogP contribution in [0, 0.1) is 6.92 Å². The molecular formula is C26H24N2O2.